The van der Waals surface area contributed by atoms with Crippen molar-refractivity contribution >= 4 is 5.78 Å². The van der Waals surface area contributed by atoms with E-state index >= 15 is 0 Å². The summed E-state index contributed by atoms with van der Waals surface area (Å²) in [6, 6.07) is 0. The molecule has 0 saturated heterocycles. The Morgan fingerprint density at radius 1 is 1.47 bits per heavy atom. The molecular formula is C12H16N2O. The quantitative estimate of drug-likeness (QED) is 0.800. The summed E-state index contributed by atoms with van der Waals surface area (Å²) < 4.78 is 0. The van der Waals surface area contributed by atoms with Crippen LogP contribution < -0.4 is 0 Å². The van der Waals surface area contributed by atoms with Gasteiger partial charge in [-0.25, -0.2) is 4.98 Å². The predicted octanol–water partition coefficient (Wildman–Crippen LogP) is 1.96. The lowest BCUT2D eigenvalue weighted by Crippen LogP contribution is -2.15. The van der Waals surface area contributed by atoms with E-state index < -0.39 is 0 Å². The molecule has 0 spiro atoms. The number of carbonyl (C=O) groups excluding carboxylic acids is 1. The van der Waals surface area contributed by atoms with Gasteiger partial charge in [0.05, 0.1) is 12.0 Å². The standard InChI is InChI=1S/C12H16N2O/c15-12-9(5-10-6-13-7-14-10)4-8-2-1-3-11(8)12/h6-9,11H,1-5H2,(H,13,14)/t8-,9?,11-/m1/s1. The van der Waals surface area contributed by atoms with Gasteiger partial charge < -0.3 is 4.98 Å². The Labute approximate surface area is 89.3 Å². The number of fused-ring (bicyclic) bond motifs is 1. The summed E-state index contributed by atoms with van der Waals surface area (Å²) in [7, 11) is 0. The van der Waals surface area contributed by atoms with E-state index in [0.717, 1.165) is 25.0 Å². The van der Waals surface area contributed by atoms with Crippen molar-refractivity contribution in [1.82, 2.24) is 9.97 Å². The van der Waals surface area contributed by atoms with Crippen molar-refractivity contribution in [2.24, 2.45) is 17.8 Å². The van der Waals surface area contributed by atoms with Gasteiger partial charge in [0, 0.05) is 24.5 Å². The largest absolute Gasteiger partial charge is 0.351 e. The van der Waals surface area contributed by atoms with Crippen LogP contribution in [-0.4, -0.2) is 15.8 Å². The first kappa shape index (κ1) is 9.13. The number of hydrogen-bond donors (Lipinski definition) is 1. The third-order valence-corrected chi connectivity index (χ3v) is 4.02. The number of H-pyrrole nitrogens is 1. The van der Waals surface area contributed by atoms with Crippen molar-refractivity contribution in [3.8, 4) is 0 Å². The van der Waals surface area contributed by atoms with Crippen LogP contribution >= 0.6 is 0 Å². The second-order valence-corrected chi connectivity index (χ2v) is 4.90. The van der Waals surface area contributed by atoms with Crippen LogP contribution in [0.25, 0.3) is 0 Å². The summed E-state index contributed by atoms with van der Waals surface area (Å²) in [6.07, 6.45) is 9.22. The lowest BCUT2D eigenvalue weighted by Gasteiger charge is -2.07. The van der Waals surface area contributed by atoms with Crippen molar-refractivity contribution in [3.63, 3.8) is 0 Å². The summed E-state index contributed by atoms with van der Waals surface area (Å²) in [5, 5.41) is 0. The summed E-state index contributed by atoms with van der Waals surface area (Å²) in [6.45, 7) is 0. The molecule has 80 valence electrons. The fourth-order valence-corrected chi connectivity index (χ4v) is 3.32. The van der Waals surface area contributed by atoms with Crippen molar-refractivity contribution in [2.75, 3.05) is 0 Å². The van der Waals surface area contributed by atoms with Crippen LogP contribution in [0.5, 0.6) is 0 Å². The van der Waals surface area contributed by atoms with Crippen molar-refractivity contribution in [2.45, 2.75) is 32.1 Å². The molecule has 0 bridgehead atoms. The van der Waals surface area contributed by atoms with Gasteiger partial charge >= 0.3 is 0 Å². The minimum atomic E-state index is 0.253. The Bertz CT molecular complexity index is 358. The maximum Gasteiger partial charge on any atom is 0.139 e. The molecule has 2 aliphatic rings. The molecule has 1 unspecified atom stereocenters. The van der Waals surface area contributed by atoms with Gasteiger partial charge in [0.25, 0.3) is 0 Å². The van der Waals surface area contributed by atoms with Crippen LogP contribution in [0.15, 0.2) is 12.5 Å². The molecule has 0 aliphatic heterocycles. The van der Waals surface area contributed by atoms with Crippen LogP contribution in [0.4, 0.5) is 0 Å². The molecule has 1 N–H and O–H groups in total. The number of aromatic amines is 1. The van der Waals surface area contributed by atoms with Gasteiger partial charge in [-0.05, 0) is 25.2 Å². The highest BCUT2D eigenvalue weighted by Gasteiger charge is 2.44. The number of carbonyl (C=O) groups is 1. The molecule has 1 aromatic rings. The zero-order valence-corrected chi connectivity index (χ0v) is 8.78. The molecule has 2 fully saturated rings. The van der Waals surface area contributed by atoms with Gasteiger partial charge in [0.2, 0.25) is 0 Å². The van der Waals surface area contributed by atoms with Crippen LogP contribution in [0.1, 0.15) is 31.4 Å². The van der Waals surface area contributed by atoms with Gasteiger partial charge in [-0.1, -0.05) is 6.42 Å². The zero-order valence-electron chi connectivity index (χ0n) is 8.78. The lowest BCUT2D eigenvalue weighted by atomic mass is 9.97. The minimum absolute atomic E-state index is 0.253. The van der Waals surface area contributed by atoms with E-state index in [1.807, 2.05) is 6.20 Å². The fraction of sp³-hybridized carbons (Fsp3) is 0.667. The van der Waals surface area contributed by atoms with E-state index in [9.17, 15) is 4.79 Å². The molecular weight excluding hydrogens is 188 g/mol. The fourth-order valence-electron chi connectivity index (χ4n) is 3.32. The lowest BCUT2D eigenvalue weighted by molar-refractivity contribution is -0.124. The summed E-state index contributed by atoms with van der Waals surface area (Å²) >= 11 is 0. The third kappa shape index (κ3) is 1.50. The maximum absolute atomic E-state index is 12.1. The van der Waals surface area contributed by atoms with Gasteiger partial charge in [-0.15, -0.1) is 0 Å². The molecule has 3 atom stereocenters. The minimum Gasteiger partial charge on any atom is -0.351 e. The Morgan fingerprint density at radius 2 is 2.40 bits per heavy atom. The van der Waals surface area contributed by atoms with Crippen LogP contribution in [0.3, 0.4) is 0 Å². The highest BCUT2D eigenvalue weighted by Crippen LogP contribution is 2.45. The first-order valence-corrected chi connectivity index (χ1v) is 5.86. The summed E-state index contributed by atoms with van der Waals surface area (Å²) in [4.78, 5) is 19.2. The molecule has 3 rings (SSSR count). The number of nitrogens with zero attached hydrogens (tertiary/aromatic N) is 1. The number of nitrogens with one attached hydrogen (secondary N) is 1. The number of rotatable bonds is 2. The highest BCUT2D eigenvalue weighted by molar-refractivity contribution is 5.86. The Kier molecular flexibility index (Phi) is 2.11. The molecule has 15 heavy (non-hydrogen) atoms. The molecule has 0 aromatic carbocycles. The molecule has 0 radical (unpaired) electrons. The second kappa shape index (κ2) is 3.47. The van der Waals surface area contributed by atoms with E-state index in [2.05, 4.69) is 9.97 Å². The first-order chi connectivity index (χ1) is 7.34. The number of Topliss-reactive ketones (excluding diaryl/α,β-unsaturated/α-hetero) is 1. The van der Waals surface area contributed by atoms with Crippen molar-refractivity contribution < 1.29 is 4.79 Å². The van der Waals surface area contributed by atoms with Gasteiger partial charge in [-0.3, -0.25) is 4.79 Å². The van der Waals surface area contributed by atoms with E-state index in [0.29, 0.717) is 17.6 Å². The first-order valence-electron chi connectivity index (χ1n) is 5.86. The molecule has 3 nitrogen and oxygen atoms in total. The average molecular weight is 204 g/mol. The SMILES string of the molecule is O=C1C(Cc2c[nH]cn2)C[C@H]2CCC[C@@H]12. The number of ketones is 1. The molecule has 1 heterocycles. The average Bonchev–Trinajstić information content (AvgIpc) is 2.89. The molecule has 1 aromatic heterocycles. The van der Waals surface area contributed by atoms with E-state index in [-0.39, 0.29) is 5.92 Å². The van der Waals surface area contributed by atoms with Crippen molar-refractivity contribution in [1.29, 1.82) is 0 Å². The summed E-state index contributed by atoms with van der Waals surface area (Å²) in [5.41, 5.74) is 1.04. The monoisotopic (exact) mass is 204 g/mol. The van der Waals surface area contributed by atoms with Gasteiger partial charge in [0.1, 0.15) is 5.78 Å². The van der Waals surface area contributed by atoms with E-state index in [4.69, 9.17) is 0 Å². The van der Waals surface area contributed by atoms with Crippen molar-refractivity contribution in [3.05, 3.63) is 18.2 Å². The van der Waals surface area contributed by atoms with Crippen LogP contribution in [0.2, 0.25) is 0 Å². The predicted molar refractivity (Wildman–Crippen MR) is 56.2 cm³/mol. The zero-order chi connectivity index (χ0) is 10.3. The summed E-state index contributed by atoms with van der Waals surface area (Å²) in [5.74, 6) is 1.86. The Morgan fingerprint density at radius 3 is 3.13 bits per heavy atom. The number of hydrogen-bond acceptors (Lipinski definition) is 2. The smallest absolute Gasteiger partial charge is 0.139 e. The Balaban J connectivity index is 1.71. The molecule has 2 aliphatic carbocycles. The Hall–Kier alpha value is -1.12. The molecule has 2 saturated carbocycles. The maximum atomic E-state index is 12.1. The second-order valence-electron chi connectivity index (χ2n) is 4.90. The molecule has 3 heteroatoms. The van der Waals surface area contributed by atoms with E-state index in [1.165, 1.54) is 12.8 Å². The normalized spacial score (nSPS) is 34.7. The van der Waals surface area contributed by atoms with Crippen LogP contribution in [0, 0.1) is 17.8 Å². The van der Waals surface area contributed by atoms with Crippen LogP contribution in [-0.2, 0) is 11.2 Å². The third-order valence-electron chi connectivity index (χ3n) is 4.02. The highest BCUT2D eigenvalue weighted by atomic mass is 16.1. The van der Waals surface area contributed by atoms with Gasteiger partial charge in [0.15, 0.2) is 0 Å². The number of imidazole rings is 1. The van der Waals surface area contributed by atoms with E-state index in [1.54, 1.807) is 6.33 Å². The molecule has 0 amide bonds. The number of aromatic nitrogens is 2. The topological polar surface area (TPSA) is 45.8 Å². The van der Waals surface area contributed by atoms with Gasteiger partial charge in [-0.2, -0.15) is 0 Å².